The lowest BCUT2D eigenvalue weighted by atomic mass is 9.87. The highest BCUT2D eigenvalue weighted by Crippen LogP contribution is 2.38. The van der Waals surface area contributed by atoms with Crippen molar-refractivity contribution in [2.24, 2.45) is 5.92 Å². The Morgan fingerprint density at radius 1 is 0.828 bits per heavy atom. The second-order valence-corrected chi connectivity index (χ2v) is 10.6. The van der Waals surface area contributed by atoms with Crippen molar-refractivity contribution in [1.29, 1.82) is 0 Å². The molecule has 0 bridgehead atoms. The van der Waals surface area contributed by atoms with Gasteiger partial charge in [-0.1, -0.05) is 48.5 Å². The molecular weight excluding hydrogens is 382 g/mol. The van der Waals surface area contributed by atoms with E-state index in [1.165, 1.54) is 18.4 Å². The van der Waals surface area contributed by atoms with Crippen LogP contribution in [0.15, 0.2) is 65.6 Å². The van der Waals surface area contributed by atoms with Gasteiger partial charge in [-0.2, -0.15) is 4.31 Å². The maximum absolute atomic E-state index is 13.0. The van der Waals surface area contributed by atoms with Crippen LogP contribution in [0.4, 0.5) is 0 Å². The van der Waals surface area contributed by atoms with Gasteiger partial charge in [0, 0.05) is 44.2 Å². The van der Waals surface area contributed by atoms with E-state index in [0.717, 1.165) is 26.2 Å². The minimum atomic E-state index is -3.36. The summed E-state index contributed by atoms with van der Waals surface area (Å²) in [4.78, 5) is 5.55. The molecule has 2 aromatic carbocycles. The summed E-state index contributed by atoms with van der Waals surface area (Å²) in [5, 5.41) is 0. The van der Waals surface area contributed by atoms with Crippen molar-refractivity contribution in [3.8, 4) is 0 Å². The van der Waals surface area contributed by atoms with Crippen LogP contribution in [0.25, 0.3) is 0 Å². The minimum absolute atomic E-state index is 0.402. The Hall–Kier alpha value is -1.73. The lowest BCUT2D eigenvalue weighted by Gasteiger charge is -2.50. The summed E-state index contributed by atoms with van der Waals surface area (Å²) in [6.07, 6.45) is 2.36. The van der Waals surface area contributed by atoms with Gasteiger partial charge in [-0.05, 0) is 43.6 Å². The first-order valence-corrected chi connectivity index (χ1v) is 12.1. The number of nitrogens with zero attached hydrogens (tertiary/aromatic N) is 3. The molecule has 0 amide bonds. The minimum Gasteiger partial charge on any atom is -0.299 e. The van der Waals surface area contributed by atoms with E-state index in [0.29, 0.717) is 36.0 Å². The van der Waals surface area contributed by atoms with Crippen LogP contribution in [0.5, 0.6) is 0 Å². The van der Waals surface area contributed by atoms with E-state index in [2.05, 4.69) is 40.1 Å². The van der Waals surface area contributed by atoms with Crippen molar-refractivity contribution in [2.75, 3.05) is 32.7 Å². The van der Waals surface area contributed by atoms with E-state index in [1.54, 1.807) is 28.6 Å². The molecule has 154 valence electrons. The molecule has 5 rings (SSSR count). The smallest absolute Gasteiger partial charge is 0.243 e. The predicted molar refractivity (Wildman–Crippen MR) is 114 cm³/mol. The quantitative estimate of drug-likeness (QED) is 0.759. The van der Waals surface area contributed by atoms with Gasteiger partial charge in [0.1, 0.15) is 0 Å². The third kappa shape index (κ3) is 3.75. The van der Waals surface area contributed by atoms with Crippen molar-refractivity contribution in [3.63, 3.8) is 0 Å². The van der Waals surface area contributed by atoms with Gasteiger partial charge < -0.3 is 0 Å². The molecule has 0 aliphatic carbocycles. The van der Waals surface area contributed by atoms with Gasteiger partial charge in [0.15, 0.2) is 0 Å². The van der Waals surface area contributed by atoms with Crippen LogP contribution >= 0.6 is 0 Å². The number of rotatable bonds is 5. The molecule has 3 saturated heterocycles. The van der Waals surface area contributed by atoms with Gasteiger partial charge in [0.05, 0.1) is 4.90 Å². The van der Waals surface area contributed by atoms with Crippen molar-refractivity contribution in [3.05, 3.63) is 66.2 Å². The SMILES string of the molecule is O=S(=O)(c1ccccc1)N1C[C@@H]2CN(C3CCN(Cc4ccccc4)CC3)[C@@H]2C1. The number of hydrogen-bond acceptors (Lipinski definition) is 4. The fourth-order valence-corrected chi connectivity index (χ4v) is 6.78. The maximum atomic E-state index is 13.0. The molecule has 0 unspecified atom stereocenters. The molecule has 0 N–H and O–H groups in total. The van der Waals surface area contributed by atoms with E-state index >= 15 is 0 Å². The molecule has 0 radical (unpaired) electrons. The molecule has 2 aromatic rings. The van der Waals surface area contributed by atoms with Crippen molar-refractivity contribution >= 4 is 10.0 Å². The first-order chi connectivity index (χ1) is 14.1. The van der Waals surface area contributed by atoms with Crippen molar-refractivity contribution in [1.82, 2.24) is 14.1 Å². The number of hydrogen-bond donors (Lipinski definition) is 0. The second-order valence-electron chi connectivity index (χ2n) is 8.65. The number of sulfonamides is 1. The molecule has 0 spiro atoms. The van der Waals surface area contributed by atoms with Crippen LogP contribution in [0.1, 0.15) is 18.4 Å². The van der Waals surface area contributed by atoms with Crippen molar-refractivity contribution in [2.45, 2.75) is 36.4 Å². The fourth-order valence-electron chi connectivity index (χ4n) is 5.25. The third-order valence-electron chi connectivity index (χ3n) is 6.90. The van der Waals surface area contributed by atoms with Crippen molar-refractivity contribution < 1.29 is 8.42 Å². The molecule has 3 heterocycles. The van der Waals surface area contributed by atoms with Gasteiger partial charge in [-0.15, -0.1) is 0 Å². The fraction of sp³-hybridized carbons (Fsp3) is 0.478. The summed E-state index contributed by atoms with van der Waals surface area (Å²) in [5.74, 6) is 0.496. The number of benzene rings is 2. The van der Waals surface area contributed by atoms with E-state index in [4.69, 9.17) is 0 Å². The van der Waals surface area contributed by atoms with Crippen LogP contribution in [0, 0.1) is 5.92 Å². The maximum Gasteiger partial charge on any atom is 0.243 e. The summed E-state index contributed by atoms with van der Waals surface area (Å²) in [7, 11) is -3.36. The summed E-state index contributed by atoms with van der Waals surface area (Å²) in [6, 6.07) is 20.6. The zero-order chi connectivity index (χ0) is 19.8. The molecule has 3 fully saturated rings. The Kier molecular flexibility index (Phi) is 5.20. The van der Waals surface area contributed by atoms with Crippen LogP contribution in [0.3, 0.4) is 0 Å². The van der Waals surface area contributed by atoms with Gasteiger partial charge in [-0.3, -0.25) is 9.80 Å². The molecule has 0 saturated carbocycles. The third-order valence-corrected chi connectivity index (χ3v) is 8.75. The Labute approximate surface area is 174 Å². The molecule has 0 aromatic heterocycles. The first-order valence-electron chi connectivity index (χ1n) is 10.7. The van der Waals surface area contributed by atoms with E-state index in [-0.39, 0.29) is 0 Å². The normalized spacial score (nSPS) is 26.9. The lowest BCUT2D eigenvalue weighted by Crippen LogP contribution is -2.61. The molecule has 29 heavy (non-hydrogen) atoms. The Morgan fingerprint density at radius 3 is 2.17 bits per heavy atom. The molecule has 6 heteroatoms. The van der Waals surface area contributed by atoms with Gasteiger partial charge in [0.2, 0.25) is 10.0 Å². The highest BCUT2D eigenvalue weighted by atomic mass is 32.2. The molecule has 5 nitrogen and oxygen atoms in total. The summed E-state index contributed by atoms with van der Waals surface area (Å²) in [5.41, 5.74) is 1.38. The van der Waals surface area contributed by atoms with Crippen LogP contribution in [-0.2, 0) is 16.6 Å². The van der Waals surface area contributed by atoms with Gasteiger partial charge in [-0.25, -0.2) is 8.42 Å². The van der Waals surface area contributed by atoms with Crippen LogP contribution in [0.2, 0.25) is 0 Å². The number of likely N-dealkylation sites (tertiary alicyclic amines) is 2. The highest BCUT2D eigenvalue weighted by molar-refractivity contribution is 7.89. The summed E-state index contributed by atoms with van der Waals surface area (Å²) >= 11 is 0. The Morgan fingerprint density at radius 2 is 1.48 bits per heavy atom. The summed E-state index contributed by atoms with van der Waals surface area (Å²) in [6.45, 7) is 5.65. The molecule has 2 atom stereocenters. The van der Waals surface area contributed by atoms with E-state index < -0.39 is 10.0 Å². The molecule has 3 aliphatic heterocycles. The zero-order valence-corrected chi connectivity index (χ0v) is 17.5. The predicted octanol–water partition coefficient (Wildman–Crippen LogP) is 2.66. The Bertz CT molecular complexity index is 927. The molecule has 3 aliphatic rings. The van der Waals surface area contributed by atoms with Crippen LogP contribution < -0.4 is 0 Å². The second kappa shape index (κ2) is 7.84. The lowest BCUT2D eigenvalue weighted by molar-refractivity contribution is -0.0177. The standard InChI is InChI=1S/C23H29N3O2S/c27-29(28,22-9-5-2-6-10-22)25-16-20-17-26(23(20)18-25)21-11-13-24(14-12-21)15-19-7-3-1-4-8-19/h1-10,20-21,23H,11-18H2/t20-,23-/m1/s1. The van der Waals surface area contributed by atoms with E-state index in [1.807, 2.05) is 6.07 Å². The average molecular weight is 412 g/mol. The Balaban J connectivity index is 1.16. The number of fused-ring (bicyclic) bond motifs is 1. The average Bonchev–Trinajstić information content (AvgIpc) is 3.08. The molecular formula is C23H29N3O2S. The largest absolute Gasteiger partial charge is 0.299 e. The topological polar surface area (TPSA) is 43.9 Å². The monoisotopic (exact) mass is 411 g/mol. The first kappa shape index (κ1) is 19.2. The zero-order valence-electron chi connectivity index (χ0n) is 16.7. The highest BCUT2D eigenvalue weighted by Gasteiger charge is 2.51. The van der Waals surface area contributed by atoms with Gasteiger partial charge >= 0.3 is 0 Å². The van der Waals surface area contributed by atoms with E-state index in [9.17, 15) is 8.42 Å². The summed E-state index contributed by atoms with van der Waals surface area (Å²) < 4.78 is 27.6. The van der Waals surface area contributed by atoms with Gasteiger partial charge in [0.25, 0.3) is 0 Å². The number of piperidine rings is 1. The van der Waals surface area contributed by atoms with Crippen LogP contribution in [-0.4, -0.2) is 67.3 Å².